The lowest BCUT2D eigenvalue weighted by molar-refractivity contribution is -0.0715. The zero-order valence-electron chi connectivity index (χ0n) is 9.55. The van der Waals surface area contributed by atoms with E-state index < -0.39 is 0 Å². The summed E-state index contributed by atoms with van der Waals surface area (Å²) in [6.45, 7) is 2.36. The van der Waals surface area contributed by atoms with Crippen molar-refractivity contribution in [2.45, 2.75) is 31.4 Å². The molecule has 2 nitrogen and oxygen atoms in total. The van der Waals surface area contributed by atoms with Gasteiger partial charge in [-0.3, -0.25) is 4.90 Å². The normalized spacial score (nSPS) is 37.6. The first-order valence-corrected chi connectivity index (χ1v) is 6.30. The van der Waals surface area contributed by atoms with Gasteiger partial charge in [0.25, 0.3) is 0 Å². The Kier molecular flexibility index (Phi) is 2.70. The number of benzene rings is 1. The fourth-order valence-electron chi connectivity index (χ4n) is 3.23. The summed E-state index contributed by atoms with van der Waals surface area (Å²) in [6.07, 6.45) is 3.26. The summed E-state index contributed by atoms with van der Waals surface area (Å²) in [5, 5.41) is 10.3. The minimum atomic E-state index is -0.109. The van der Waals surface area contributed by atoms with Gasteiger partial charge >= 0.3 is 0 Å². The van der Waals surface area contributed by atoms with Gasteiger partial charge in [0, 0.05) is 6.04 Å². The fraction of sp³-hybridized carbons (Fsp3) is 0.571. The molecule has 2 atom stereocenters. The van der Waals surface area contributed by atoms with Crippen molar-refractivity contribution < 1.29 is 5.11 Å². The second-order valence-electron chi connectivity index (χ2n) is 5.12. The molecule has 3 aliphatic rings. The highest BCUT2D eigenvalue weighted by atomic mass is 16.3. The molecule has 2 bridgehead atoms. The monoisotopic (exact) mass is 217 g/mol. The number of aliphatic hydroxyl groups excluding tert-OH is 1. The van der Waals surface area contributed by atoms with Crippen molar-refractivity contribution in [3.63, 3.8) is 0 Å². The lowest BCUT2D eigenvalue weighted by atomic mass is 9.78. The Morgan fingerprint density at radius 1 is 1.12 bits per heavy atom. The van der Waals surface area contributed by atoms with Crippen LogP contribution in [0.15, 0.2) is 30.3 Å². The number of fused-ring (bicyclic) bond motifs is 3. The summed E-state index contributed by atoms with van der Waals surface area (Å²) in [5.74, 6) is 0.554. The van der Waals surface area contributed by atoms with Gasteiger partial charge in [0.15, 0.2) is 0 Å². The molecule has 3 heterocycles. The van der Waals surface area contributed by atoms with Crippen LogP contribution >= 0.6 is 0 Å². The molecule has 0 spiro atoms. The predicted molar refractivity (Wildman–Crippen MR) is 64.2 cm³/mol. The number of rotatable bonds is 2. The SMILES string of the molecule is O[C@H]1C2CCN(CC2)[C@@H]1Cc1ccccc1. The van der Waals surface area contributed by atoms with E-state index >= 15 is 0 Å². The number of hydrogen-bond donors (Lipinski definition) is 1. The average Bonchev–Trinajstić information content (AvgIpc) is 2.36. The molecule has 1 N–H and O–H groups in total. The molecule has 0 aromatic heterocycles. The van der Waals surface area contributed by atoms with Crippen LogP contribution in [0.4, 0.5) is 0 Å². The van der Waals surface area contributed by atoms with Crippen molar-refractivity contribution >= 4 is 0 Å². The molecule has 3 saturated heterocycles. The van der Waals surface area contributed by atoms with Crippen LogP contribution in [0.5, 0.6) is 0 Å². The van der Waals surface area contributed by atoms with Gasteiger partial charge in [-0.1, -0.05) is 30.3 Å². The molecule has 3 aliphatic heterocycles. The third-order valence-corrected chi connectivity index (χ3v) is 4.21. The van der Waals surface area contributed by atoms with E-state index in [1.807, 2.05) is 6.07 Å². The largest absolute Gasteiger partial charge is 0.391 e. The Hall–Kier alpha value is -0.860. The molecule has 2 heteroatoms. The molecule has 0 saturated carbocycles. The minimum absolute atomic E-state index is 0.109. The third kappa shape index (κ3) is 1.76. The molecule has 0 aliphatic carbocycles. The Balaban J connectivity index is 1.75. The molecule has 0 unspecified atom stereocenters. The van der Waals surface area contributed by atoms with Crippen LogP contribution < -0.4 is 0 Å². The van der Waals surface area contributed by atoms with E-state index in [4.69, 9.17) is 0 Å². The minimum Gasteiger partial charge on any atom is -0.391 e. The maximum absolute atomic E-state index is 10.3. The first-order valence-electron chi connectivity index (χ1n) is 6.30. The van der Waals surface area contributed by atoms with E-state index in [1.165, 1.54) is 31.5 Å². The molecule has 3 fully saturated rings. The van der Waals surface area contributed by atoms with E-state index in [9.17, 15) is 5.11 Å². The number of piperidine rings is 3. The first-order chi connectivity index (χ1) is 7.84. The average molecular weight is 217 g/mol. The fourth-order valence-corrected chi connectivity index (χ4v) is 3.23. The second-order valence-corrected chi connectivity index (χ2v) is 5.12. The number of nitrogens with zero attached hydrogens (tertiary/aromatic N) is 1. The maximum atomic E-state index is 10.3. The predicted octanol–water partition coefficient (Wildman–Crippen LogP) is 1.68. The van der Waals surface area contributed by atoms with Gasteiger partial charge in [0.1, 0.15) is 0 Å². The van der Waals surface area contributed by atoms with Gasteiger partial charge in [-0.2, -0.15) is 0 Å². The van der Waals surface area contributed by atoms with Gasteiger partial charge in [-0.25, -0.2) is 0 Å². The topological polar surface area (TPSA) is 23.5 Å². The zero-order chi connectivity index (χ0) is 11.0. The first kappa shape index (κ1) is 10.3. The number of hydrogen-bond acceptors (Lipinski definition) is 2. The highest BCUT2D eigenvalue weighted by Crippen LogP contribution is 2.33. The molecule has 4 rings (SSSR count). The van der Waals surface area contributed by atoms with Crippen molar-refractivity contribution in [2.75, 3.05) is 13.1 Å². The van der Waals surface area contributed by atoms with Crippen LogP contribution in [0.3, 0.4) is 0 Å². The van der Waals surface area contributed by atoms with E-state index in [-0.39, 0.29) is 6.10 Å². The standard InChI is InChI=1S/C14H19NO/c16-14-12-6-8-15(9-7-12)13(14)10-11-4-2-1-3-5-11/h1-5,12-14,16H,6-10H2/t13-,14+/m1/s1. The maximum Gasteiger partial charge on any atom is 0.0727 e. The third-order valence-electron chi connectivity index (χ3n) is 4.21. The van der Waals surface area contributed by atoms with Crippen LogP contribution in [0.2, 0.25) is 0 Å². The van der Waals surface area contributed by atoms with E-state index in [2.05, 4.69) is 29.2 Å². The van der Waals surface area contributed by atoms with Crippen molar-refractivity contribution in [3.05, 3.63) is 35.9 Å². The molecule has 1 aromatic carbocycles. The lowest BCUT2D eigenvalue weighted by Crippen LogP contribution is -2.58. The molecular weight excluding hydrogens is 198 g/mol. The van der Waals surface area contributed by atoms with Crippen LogP contribution in [0, 0.1) is 5.92 Å². The Morgan fingerprint density at radius 3 is 2.44 bits per heavy atom. The van der Waals surface area contributed by atoms with Crippen LogP contribution in [0.1, 0.15) is 18.4 Å². The van der Waals surface area contributed by atoms with Gasteiger partial charge in [-0.15, -0.1) is 0 Å². The summed E-state index contributed by atoms with van der Waals surface area (Å²) in [4.78, 5) is 2.47. The van der Waals surface area contributed by atoms with Crippen LogP contribution in [0.25, 0.3) is 0 Å². The Morgan fingerprint density at radius 2 is 1.81 bits per heavy atom. The van der Waals surface area contributed by atoms with E-state index in [1.54, 1.807) is 0 Å². The van der Waals surface area contributed by atoms with Gasteiger partial charge in [-0.05, 0) is 43.8 Å². The van der Waals surface area contributed by atoms with Crippen molar-refractivity contribution in [3.8, 4) is 0 Å². The second kappa shape index (κ2) is 4.19. The number of aliphatic hydroxyl groups is 1. The van der Waals surface area contributed by atoms with E-state index in [0.717, 1.165) is 6.42 Å². The van der Waals surface area contributed by atoms with Crippen LogP contribution in [-0.4, -0.2) is 35.2 Å². The van der Waals surface area contributed by atoms with Crippen molar-refractivity contribution in [1.29, 1.82) is 0 Å². The summed E-state index contributed by atoms with van der Waals surface area (Å²) in [7, 11) is 0. The summed E-state index contributed by atoms with van der Waals surface area (Å²) >= 11 is 0. The summed E-state index contributed by atoms with van der Waals surface area (Å²) in [6, 6.07) is 10.9. The van der Waals surface area contributed by atoms with Gasteiger partial charge in [0.05, 0.1) is 6.10 Å². The Labute approximate surface area is 96.9 Å². The molecule has 16 heavy (non-hydrogen) atoms. The molecule has 1 aromatic rings. The highest BCUT2D eigenvalue weighted by Gasteiger charge is 2.40. The van der Waals surface area contributed by atoms with E-state index in [0.29, 0.717) is 12.0 Å². The molecule has 86 valence electrons. The highest BCUT2D eigenvalue weighted by molar-refractivity contribution is 5.17. The smallest absolute Gasteiger partial charge is 0.0727 e. The van der Waals surface area contributed by atoms with Gasteiger partial charge < -0.3 is 5.11 Å². The Bertz CT molecular complexity index is 341. The molecule has 0 radical (unpaired) electrons. The van der Waals surface area contributed by atoms with Crippen LogP contribution in [-0.2, 0) is 6.42 Å². The quantitative estimate of drug-likeness (QED) is 0.815. The molecule has 0 amide bonds. The zero-order valence-corrected chi connectivity index (χ0v) is 9.55. The van der Waals surface area contributed by atoms with Crippen molar-refractivity contribution in [1.82, 2.24) is 4.90 Å². The summed E-state index contributed by atoms with van der Waals surface area (Å²) < 4.78 is 0. The molecular formula is C14H19NO. The lowest BCUT2D eigenvalue weighted by Gasteiger charge is -2.49. The van der Waals surface area contributed by atoms with Crippen molar-refractivity contribution in [2.24, 2.45) is 5.92 Å². The summed E-state index contributed by atoms with van der Waals surface area (Å²) in [5.41, 5.74) is 1.35. The van der Waals surface area contributed by atoms with Gasteiger partial charge in [0.2, 0.25) is 0 Å².